The third kappa shape index (κ3) is 4.68. The van der Waals surface area contributed by atoms with Crippen LogP contribution in [0.2, 0.25) is 0 Å². The molecule has 0 radical (unpaired) electrons. The molecular weight excluding hydrogens is 316 g/mol. The van der Waals surface area contributed by atoms with Gasteiger partial charge in [0, 0.05) is 44.9 Å². The van der Waals surface area contributed by atoms with Gasteiger partial charge in [0.2, 0.25) is 11.8 Å². The third-order valence-corrected chi connectivity index (χ3v) is 4.60. The third-order valence-electron chi connectivity index (χ3n) is 4.60. The van der Waals surface area contributed by atoms with Gasteiger partial charge in [-0.2, -0.15) is 0 Å². The predicted molar refractivity (Wildman–Crippen MR) is 94.9 cm³/mol. The Morgan fingerprint density at radius 3 is 2.80 bits per heavy atom. The number of aryl methyl sites for hydroxylation is 2. The van der Waals surface area contributed by atoms with E-state index in [0.29, 0.717) is 32.5 Å². The second-order valence-corrected chi connectivity index (χ2v) is 6.46. The summed E-state index contributed by atoms with van der Waals surface area (Å²) in [7, 11) is 0. The summed E-state index contributed by atoms with van der Waals surface area (Å²) in [6, 6.07) is 10.1. The molecule has 2 amide bonds. The number of carbonyl (C=O) groups excluding carboxylic acids is 2. The summed E-state index contributed by atoms with van der Waals surface area (Å²) in [6.45, 7) is 3.82. The average molecular weight is 340 g/mol. The zero-order chi connectivity index (χ0) is 17.6. The van der Waals surface area contributed by atoms with Crippen LogP contribution in [0.15, 0.2) is 42.7 Å². The molecule has 1 N–H and O–H groups in total. The van der Waals surface area contributed by atoms with Crippen LogP contribution in [0, 0.1) is 6.92 Å². The van der Waals surface area contributed by atoms with Gasteiger partial charge in [-0.15, -0.1) is 0 Å². The Bertz CT molecular complexity index is 726. The van der Waals surface area contributed by atoms with Crippen molar-refractivity contribution in [2.24, 2.45) is 0 Å². The highest BCUT2D eigenvalue weighted by molar-refractivity contribution is 5.82. The van der Waals surface area contributed by atoms with E-state index in [9.17, 15) is 9.59 Å². The number of nitrogens with zero attached hydrogens (tertiary/aromatic N) is 3. The van der Waals surface area contributed by atoms with Crippen LogP contribution in [0.3, 0.4) is 0 Å². The van der Waals surface area contributed by atoms with Crippen molar-refractivity contribution in [2.45, 2.75) is 38.8 Å². The fraction of sp³-hybridized carbons (Fsp3) is 0.421. The van der Waals surface area contributed by atoms with Crippen LogP contribution in [0.5, 0.6) is 0 Å². The van der Waals surface area contributed by atoms with Crippen LogP contribution >= 0.6 is 0 Å². The summed E-state index contributed by atoms with van der Waals surface area (Å²) < 4.78 is 1.95. The van der Waals surface area contributed by atoms with E-state index >= 15 is 0 Å². The Labute approximate surface area is 147 Å². The first-order chi connectivity index (χ1) is 12.1. The predicted octanol–water partition coefficient (Wildman–Crippen LogP) is 1.54. The fourth-order valence-corrected chi connectivity index (χ4v) is 3.16. The van der Waals surface area contributed by atoms with Gasteiger partial charge in [0.05, 0.1) is 6.04 Å². The summed E-state index contributed by atoms with van der Waals surface area (Å²) in [5.41, 5.74) is 1.22. The maximum absolute atomic E-state index is 12.1. The SMILES string of the molecule is Cc1nccn1CCC(=O)NC1CC(=O)N(CCc2ccccc2)C1. The van der Waals surface area contributed by atoms with Crippen molar-refractivity contribution in [3.8, 4) is 0 Å². The van der Waals surface area contributed by atoms with Gasteiger partial charge >= 0.3 is 0 Å². The van der Waals surface area contributed by atoms with Crippen molar-refractivity contribution in [2.75, 3.05) is 13.1 Å². The molecule has 2 heterocycles. The Morgan fingerprint density at radius 2 is 2.08 bits per heavy atom. The molecule has 1 aromatic carbocycles. The minimum absolute atomic E-state index is 0.0178. The molecular formula is C19H24N4O2. The fourth-order valence-electron chi connectivity index (χ4n) is 3.16. The zero-order valence-corrected chi connectivity index (χ0v) is 14.5. The lowest BCUT2D eigenvalue weighted by Gasteiger charge is -2.17. The minimum Gasteiger partial charge on any atom is -0.351 e. The molecule has 1 fully saturated rings. The summed E-state index contributed by atoms with van der Waals surface area (Å²) in [6.07, 6.45) is 5.23. The van der Waals surface area contributed by atoms with E-state index in [4.69, 9.17) is 0 Å². The molecule has 1 aliphatic heterocycles. The summed E-state index contributed by atoms with van der Waals surface area (Å²) in [5, 5.41) is 2.98. The van der Waals surface area contributed by atoms with Crippen molar-refractivity contribution in [1.82, 2.24) is 19.8 Å². The number of carbonyl (C=O) groups is 2. The molecule has 0 spiro atoms. The topological polar surface area (TPSA) is 67.2 Å². The summed E-state index contributed by atoms with van der Waals surface area (Å²) in [4.78, 5) is 30.3. The first kappa shape index (κ1) is 17.2. The highest BCUT2D eigenvalue weighted by Crippen LogP contribution is 2.13. The van der Waals surface area contributed by atoms with Crippen LogP contribution in [0.4, 0.5) is 0 Å². The van der Waals surface area contributed by atoms with Crippen molar-refractivity contribution in [3.05, 3.63) is 54.1 Å². The van der Waals surface area contributed by atoms with Gasteiger partial charge in [0.15, 0.2) is 0 Å². The largest absolute Gasteiger partial charge is 0.351 e. The number of hydrogen-bond acceptors (Lipinski definition) is 3. The average Bonchev–Trinajstić information content (AvgIpc) is 3.17. The minimum atomic E-state index is -0.0837. The van der Waals surface area contributed by atoms with Crippen LogP contribution in [-0.2, 0) is 22.6 Å². The highest BCUT2D eigenvalue weighted by Gasteiger charge is 2.30. The first-order valence-corrected chi connectivity index (χ1v) is 8.70. The molecule has 0 saturated carbocycles. The van der Waals surface area contributed by atoms with E-state index in [1.54, 1.807) is 6.20 Å². The normalized spacial score (nSPS) is 17.1. The molecule has 1 aliphatic rings. The zero-order valence-electron chi connectivity index (χ0n) is 14.5. The number of benzene rings is 1. The molecule has 1 saturated heterocycles. The lowest BCUT2D eigenvalue weighted by Crippen LogP contribution is -2.37. The number of imidazole rings is 1. The van der Waals surface area contributed by atoms with Crippen molar-refractivity contribution in [1.29, 1.82) is 0 Å². The number of hydrogen-bond donors (Lipinski definition) is 1. The Balaban J connectivity index is 1.42. The Kier molecular flexibility index (Phi) is 5.48. The second kappa shape index (κ2) is 7.96. The van der Waals surface area contributed by atoms with E-state index in [2.05, 4.69) is 22.4 Å². The van der Waals surface area contributed by atoms with Gasteiger partial charge in [-0.05, 0) is 18.9 Å². The molecule has 1 atom stereocenters. The highest BCUT2D eigenvalue weighted by atomic mass is 16.2. The summed E-state index contributed by atoms with van der Waals surface area (Å²) in [5.74, 6) is 0.999. The van der Waals surface area contributed by atoms with Crippen LogP contribution in [0.1, 0.15) is 24.2 Å². The molecule has 25 heavy (non-hydrogen) atoms. The quantitative estimate of drug-likeness (QED) is 0.831. The summed E-state index contributed by atoms with van der Waals surface area (Å²) >= 11 is 0. The van der Waals surface area contributed by atoms with E-state index in [-0.39, 0.29) is 17.9 Å². The maximum atomic E-state index is 12.1. The van der Waals surface area contributed by atoms with Crippen molar-refractivity contribution >= 4 is 11.8 Å². The Morgan fingerprint density at radius 1 is 1.28 bits per heavy atom. The molecule has 0 bridgehead atoms. The molecule has 132 valence electrons. The van der Waals surface area contributed by atoms with Gasteiger partial charge < -0.3 is 14.8 Å². The van der Waals surface area contributed by atoms with Gasteiger partial charge in [0.25, 0.3) is 0 Å². The number of aromatic nitrogens is 2. The van der Waals surface area contributed by atoms with Gasteiger partial charge in [0.1, 0.15) is 5.82 Å². The van der Waals surface area contributed by atoms with E-state index in [1.165, 1.54) is 5.56 Å². The molecule has 6 heteroatoms. The van der Waals surface area contributed by atoms with Crippen molar-refractivity contribution in [3.63, 3.8) is 0 Å². The van der Waals surface area contributed by atoms with E-state index < -0.39 is 0 Å². The first-order valence-electron chi connectivity index (χ1n) is 8.70. The van der Waals surface area contributed by atoms with E-state index in [0.717, 1.165) is 12.2 Å². The monoisotopic (exact) mass is 340 g/mol. The number of amides is 2. The smallest absolute Gasteiger partial charge is 0.224 e. The number of rotatable bonds is 7. The maximum Gasteiger partial charge on any atom is 0.224 e. The molecule has 3 rings (SSSR count). The van der Waals surface area contributed by atoms with Crippen molar-refractivity contribution < 1.29 is 9.59 Å². The number of nitrogens with one attached hydrogen (secondary N) is 1. The standard InChI is InChI=1S/C19H24N4O2/c1-15-20-9-12-22(15)11-8-18(24)21-17-13-19(25)23(14-17)10-7-16-5-3-2-4-6-16/h2-6,9,12,17H,7-8,10-11,13-14H2,1H3,(H,21,24). The molecule has 2 aromatic rings. The lowest BCUT2D eigenvalue weighted by molar-refractivity contribution is -0.127. The molecule has 1 unspecified atom stereocenters. The lowest BCUT2D eigenvalue weighted by atomic mass is 10.1. The number of likely N-dealkylation sites (tertiary alicyclic amines) is 1. The van der Waals surface area contributed by atoms with Gasteiger partial charge in [-0.25, -0.2) is 4.98 Å². The Hall–Kier alpha value is -2.63. The van der Waals surface area contributed by atoms with E-state index in [1.807, 2.05) is 40.8 Å². The van der Waals surface area contributed by atoms with Gasteiger partial charge in [-0.1, -0.05) is 30.3 Å². The molecule has 6 nitrogen and oxygen atoms in total. The molecule has 1 aromatic heterocycles. The molecule has 0 aliphatic carbocycles. The van der Waals surface area contributed by atoms with Crippen LogP contribution in [0.25, 0.3) is 0 Å². The van der Waals surface area contributed by atoms with Crippen LogP contribution < -0.4 is 5.32 Å². The second-order valence-electron chi connectivity index (χ2n) is 6.46. The van der Waals surface area contributed by atoms with Gasteiger partial charge in [-0.3, -0.25) is 9.59 Å². The van der Waals surface area contributed by atoms with Crippen LogP contribution in [-0.4, -0.2) is 45.4 Å².